The van der Waals surface area contributed by atoms with E-state index in [4.69, 9.17) is 10.5 Å². The number of aliphatic imine (C=N–C) groups is 1. The summed E-state index contributed by atoms with van der Waals surface area (Å²) in [6.45, 7) is 3.80. The molecule has 1 aromatic rings. The minimum atomic E-state index is 0.546. The quantitative estimate of drug-likeness (QED) is 0.430. The maximum atomic E-state index is 5.78. The topological polar surface area (TPSA) is 59.6 Å². The lowest BCUT2D eigenvalue weighted by molar-refractivity contribution is 0.414. The Labute approximate surface area is 116 Å². The number of hydrogen-bond acceptors (Lipinski definition) is 2. The zero-order valence-corrected chi connectivity index (χ0v) is 12.0. The molecule has 0 aliphatic heterocycles. The van der Waals surface area contributed by atoms with Crippen molar-refractivity contribution in [1.82, 2.24) is 5.32 Å². The molecule has 0 amide bonds. The lowest BCUT2D eigenvalue weighted by atomic mass is 10.1. The molecule has 4 nitrogen and oxygen atoms in total. The molecule has 0 spiro atoms. The van der Waals surface area contributed by atoms with Gasteiger partial charge in [0.25, 0.3) is 0 Å². The summed E-state index contributed by atoms with van der Waals surface area (Å²) in [6, 6.07) is 8.07. The molecule has 1 aromatic carbocycles. The van der Waals surface area contributed by atoms with Crippen LogP contribution in [0.3, 0.4) is 0 Å². The van der Waals surface area contributed by atoms with Crippen molar-refractivity contribution in [1.29, 1.82) is 0 Å². The van der Waals surface area contributed by atoms with Gasteiger partial charge in [-0.15, -0.1) is 0 Å². The molecule has 106 valence electrons. The molecule has 19 heavy (non-hydrogen) atoms. The molecular formula is C15H25N3O. The second-order valence-corrected chi connectivity index (χ2v) is 4.50. The molecule has 0 atom stereocenters. The third-order valence-electron chi connectivity index (χ3n) is 2.92. The molecule has 1 rings (SSSR count). The summed E-state index contributed by atoms with van der Waals surface area (Å²) in [6.07, 6.45) is 4.45. The van der Waals surface area contributed by atoms with E-state index in [1.165, 1.54) is 18.4 Å². The number of unbranched alkanes of at least 4 members (excludes halogenated alkanes) is 2. The van der Waals surface area contributed by atoms with Crippen LogP contribution in [0.2, 0.25) is 0 Å². The lowest BCUT2D eigenvalue weighted by Crippen LogP contribution is -2.33. The second kappa shape index (κ2) is 9.25. The first-order chi connectivity index (χ1) is 9.26. The van der Waals surface area contributed by atoms with E-state index in [-0.39, 0.29) is 0 Å². The molecule has 4 heteroatoms. The third-order valence-corrected chi connectivity index (χ3v) is 2.92. The Morgan fingerprint density at radius 2 is 2.00 bits per heavy atom. The highest BCUT2D eigenvalue weighted by Crippen LogP contribution is 2.11. The zero-order chi connectivity index (χ0) is 13.9. The minimum absolute atomic E-state index is 0.546. The maximum absolute atomic E-state index is 5.78. The summed E-state index contributed by atoms with van der Waals surface area (Å²) in [5.41, 5.74) is 7.04. The molecule has 0 aromatic heterocycles. The van der Waals surface area contributed by atoms with Gasteiger partial charge in [-0.3, -0.25) is 4.99 Å². The van der Waals surface area contributed by atoms with Gasteiger partial charge in [-0.05, 0) is 30.5 Å². The van der Waals surface area contributed by atoms with Crippen molar-refractivity contribution in [2.45, 2.75) is 32.6 Å². The number of nitrogens with one attached hydrogen (secondary N) is 1. The Morgan fingerprint density at radius 3 is 2.63 bits per heavy atom. The Morgan fingerprint density at radius 1 is 1.26 bits per heavy atom. The minimum Gasteiger partial charge on any atom is -0.497 e. The number of ether oxygens (including phenoxy) is 1. The molecule has 0 aliphatic rings. The first kappa shape index (κ1) is 15.3. The molecule has 0 aliphatic carbocycles. The van der Waals surface area contributed by atoms with E-state index < -0.39 is 0 Å². The van der Waals surface area contributed by atoms with E-state index >= 15 is 0 Å². The smallest absolute Gasteiger partial charge is 0.188 e. The van der Waals surface area contributed by atoms with Crippen molar-refractivity contribution in [3.05, 3.63) is 29.8 Å². The predicted octanol–water partition coefficient (Wildman–Crippen LogP) is 2.33. The Hall–Kier alpha value is -1.71. The largest absolute Gasteiger partial charge is 0.497 e. The lowest BCUT2D eigenvalue weighted by Gasteiger charge is -2.06. The Bertz CT molecular complexity index is 373. The van der Waals surface area contributed by atoms with Gasteiger partial charge in [0.1, 0.15) is 5.75 Å². The second-order valence-electron chi connectivity index (χ2n) is 4.50. The van der Waals surface area contributed by atoms with Gasteiger partial charge in [0.2, 0.25) is 0 Å². The van der Waals surface area contributed by atoms with Gasteiger partial charge >= 0.3 is 0 Å². The van der Waals surface area contributed by atoms with Crippen LogP contribution in [0.4, 0.5) is 0 Å². The highest BCUT2D eigenvalue weighted by atomic mass is 16.5. The number of nitrogens with zero attached hydrogens (tertiary/aromatic N) is 1. The molecule has 0 saturated heterocycles. The number of nitrogens with two attached hydrogens (primary N) is 1. The Balaban J connectivity index is 2.21. The van der Waals surface area contributed by atoms with Crippen molar-refractivity contribution < 1.29 is 4.74 Å². The van der Waals surface area contributed by atoms with Crippen LogP contribution < -0.4 is 15.8 Å². The van der Waals surface area contributed by atoms with Crippen molar-refractivity contribution in [3.63, 3.8) is 0 Å². The average Bonchev–Trinajstić information content (AvgIpc) is 2.44. The summed E-state index contributed by atoms with van der Waals surface area (Å²) >= 11 is 0. The molecular weight excluding hydrogens is 238 g/mol. The Kier molecular flexibility index (Phi) is 7.47. The van der Waals surface area contributed by atoms with Crippen LogP contribution >= 0.6 is 0 Å². The van der Waals surface area contributed by atoms with Crippen LogP contribution in [-0.4, -0.2) is 26.2 Å². The molecule has 0 bridgehead atoms. The maximum Gasteiger partial charge on any atom is 0.188 e. The summed E-state index contributed by atoms with van der Waals surface area (Å²) in [5.74, 6) is 1.43. The van der Waals surface area contributed by atoms with Crippen LogP contribution in [0.25, 0.3) is 0 Å². The highest BCUT2D eigenvalue weighted by Gasteiger charge is 1.96. The van der Waals surface area contributed by atoms with Crippen LogP contribution in [-0.2, 0) is 6.42 Å². The van der Waals surface area contributed by atoms with Crippen molar-refractivity contribution >= 4 is 5.96 Å². The van der Waals surface area contributed by atoms with Crippen molar-refractivity contribution in [3.8, 4) is 5.75 Å². The van der Waals surface area contributed by atoms with Crippen LogP contribution in [0.5, 0.6) is 5.75 Å². The molecule has 0 saturated carbocycles. The first-order valence-electron chi connectivity index (χ1n) is 6.93. The fraction of sp³-hybridized carbons (Fsp3) is 0.533. The SMILES string of the molecule is CCCCCN=C(N)NCCc1ccc(OC)cc1. The molecule has 0 radical (unpaired) electrons. The predicted molar refractivity (Wildman–Crippen MR) is 80.7 cm³/mol. The summed E-state index contributed by atoms with van der Waals surface area (Å²) in [4.78, 5) is 4.28. The fourth-order valence-corrected chi connectivity index (χ4v) is 1.74. The van der Waals surface area contributed by atoms with E-state index in [0.29, 0.717) is 5.96 Å². The van der Waals surface area contributed by atoms with E-state index in [1.807, 2.05) is 12.1 Å². The van der Waals surface area contributed by atoms with Crippen LogP contribution in [0, 0.1) is 0 Å². The number of hydrogen-bond donors (Lipinski definition) is 2. The van der Waals surface area contributed by atoms with Gasteiger partial charge in [0, 0.05) is 13.1 Å². The summed E-state index contributed by atoms with van der Waals surface area (Å²) in [7, 11) is 1.67. The van der Waals surface area contributed by atoms with E-state index in [0.717, 1.165) is 31.7 Å². The fourth-order valence-electron chi connectivity index (χ4n) is 1.74. The average molecular weight is 263 g/mol. The van der Waals surface area contributed by atoms with Crippen molar-refractivity contribution in [2.75, 3.05) is 20.2 Å². The molecule has 0 unspecified atom stereocenters. The highest BCUT2D eigenvalue weighted by molar-refractivity contribution is 5.77. The number of rotatable bonds is 8. The van der Waals surface area contributed by atoms with Gasteiger partial charge in [0.05, 0.1) is 7.11 Å². The number of guanidine groups is 1. The third kappa shape index (κ3) is 6.70. The van der Waals surface area contributed by atoms with E-state index in [2.05, 4.69) is 29.4 Å². The molecule has 0 heterocycles. The monoisotopic (exact) mass is 263 g/mol. The summed E-state index contributed by atoms with van der Waals surface area (Å²) in [5, 5.41) is 3.13. The van der Waals surface area contributed by atoms with Gasteiger partial charge < -0.3 is 15.8 Å². The normalized spacial score (nSPS) is 11.4. The van der Waals surface area contributed by atoms with Crippen LogP contribution in [0.15, 0.2) is 29.3 Å². The van der Waals surface area contributed by atoms with Gasteiger partial charge in [-0.1, -0.05) is 31.9 Å². The van der Waals surface area contributed by atoms with E-state index in [9.17, 15) is 0 Å². The van der Waals surface area contributed by atoms with Gasteiger partial charge in [-0.2, -0.15) is 0 Å². The first-order valence-corrected chi connectivity index (χ1v) is 6.93. The standard InChI is InChI=1S/C15H25N3O/c1-3-4-5-11-17-15(16)18-12-10-13-6-8-14(19-2)9-7-13/h6-9H,3-5,10-12H2,1-2H3,(H3,16,17,18). The number of methoxy groups -OCH3 is 1. The van der Waals surface area contributed by atoms with Gasteiger partial charge in [0.15, 0.2) is 5.96 Å². The van der Waals surface area contributed by atoms with Crippen molar-refractivity contribution in [2.24, 2.45) is 10.7 Å². The zero-order valence-electron chi connectivity index (χ0n) is 12.0. The van der Waals surface area contributed by atoms with Crippen LogP contribution in [0.1, 0.15) is 31.7 Å². The number of benzene rings is 1. The van der Waals surface area contributed by atoms with Gasteiger partial charge in [-0.25, -0.2) is 0 Å². The summed E-state index contributed by atoms with van der Waals surface area (Å²) < 4.78 is 5.12. The molecule has 0 fully saturated rings. The van der Waals surface area contributed by atoms with E-state index in [1.54, 1.807) is 7.11 Å². The molecule has 3 N–H and O–H groups in total.